The lowest BCUT2D eigenvalue weighted by Crippen LogP contribution is -2.51. The van der Waals surface area contributed by atoms with Crippen LogP contribution in [0.15, 0.2) is 6.33 Å². The third-order valence-electron chi connectivity index (χ3n) is 6.13. The Balaban J connectivity index is 1.41. The van der Waals surface area contributed by atoms with Gasteiger partial charge in [0.05, 0.1) is 12.0 Å². The molecule has 0 N–H and O–H groups in total. The molecule has 0 radical (unpaired) electrons. The quantitative estimate of drug-likeness (QED) is 0.843. The van der Waals surface area contributed by atoms with E-state index in [0.29, 0.717) is 5.91 Å². The van der Waals surface area contributed by atoms with Crippen molar-refractivity contribution in [3.05, 3.63) is 12.2 Å². The van der Waals surface area contributed by atoms with Gasteiger partial charge in [-0.2, -0.15) is 0 Å². The zero-order chi connectivity index (χ0) is 15.9. The van der Waals surface area contributed by atoms with Gasteiger partial charge in [-0.1, -0.05) is 6.42 Å². The SMILES string of the molecule is Cn1cnnc1CN1CC[C@@]2(CCCN(CC3CCC3)C2=O)C1. The van der Waals surface area contributed by atoms with Crippen LogP contribution in [0.5, 0.6) is 0 Å². The van der Waals surface area contributed by atoms with E-state index in [1.165, 1.54) is 19.3 Å². The van der Waals surface area contributed by atoms with E-state index in [1.807, 2.05) is 11.6 Å². The summed E-state index contributed by atoms with van der Waals surface area (Å²) >= 11 is 0. The predicted molar refractivity (Wildman–Crippen MR) is 86.5 cm³/mol. The Bertz CT molecular complexity index is 581. The van der Waals surface area contributed by atoms with Crippen molar-refractivity contribution in [3.63, 3.8) is 0 Å². The van der Waals surface area contributed by atoms with Crippen molar-refractivity contribution in [1.82, 2.24) is 24.6 Å². The summed E-state index contributed by atoms with van der Waals surface area (Å²) in [5.74, 6) is 2.18. The Morgan fingerprint density at radius 1 is 1.26 bits per heavy atom. The molecular weight excluding hydrogens is 290 g/mol. The van der Waals surface area contributed by atoms with Crippen LogP contribution < -0.4 is 0 Å². The fourth-order valence-corrected chi connectivity index (χ4v) is 4.44. The average molecular weight is 317 g/mol. The second-order valence-electron chi connectivity index (χ2n) is 7.75. The molecule has 2 aliphatic heterocycles. The molecular formula is C17H27N5O. The molecule has 126 valence electrons. The molecule has 1 aromatic rings. The number of aromatic nitrogens is 3. The van der Waals surface area contributed by atoms with Crippen molar-refractivity contribution in [1.29, 1.82) is 0 Å². The number of likely N-dealkylation sites (tertiary alicyclic amines) is 2. The third-order valence-corrected chi connectivity index (χ3v) is 6.13. The lowest BCUT2D eigenvalue weighted by molar-refractivity contribution is -0.146. The number of nitrogens with zero attached hydrogens (tertiary/aromatic N) is 5. The zero-order valence-electron chi connectivity index (χ0n) is 14.1. The van der Waals surface area contributed by atoms with Crippen LogP contribution in [0, 0.1) is 11.3 Å². The summed E-state index contributed by atoms with van der Waals surface area (Å²) in [6.45, 7) is 4.66. The molecule has 0 unspecified atom stereocenters. The molecule has 3 heterocycles. The van der Waals surface area contributed by atoms with E-state index in [2.05, 4.69) is 20.0 Å². The smallest absolute Gasteiger partial charge is 0.230 e. The number of aryl methyl sites for hydroxylation is 1. The van der Waals surface area contributed by atoms with Crippen LogP contribution in [0.1, 0.15) is 44.3 Å². The standard InChI is InChI=1S/C17H27N5O/c1-20-13-18-19-15(20)11-21-9-7-17(12-21)6-3-8-22(16(17)23)10-14-4-2-5-14/h13-14H,2-12H2,1H3/t17-/m0/s1. The number of piperidine rings is 1. The molecule has 0 aromatic carbocycles. The van der Waals surface area contributed by atoms with Crippen molar-refractivity contribution >= 4 is 5.91 Å². The van der Waals surface area contributed by atoms with Crippen molar-refractivity contribution in [2.45, 2.75) is 45.1 Å². The largest absolute Gasteiger partial charge is 0.342 e. The van der Waals surface area contributed by atoms with E-state index in [4.69, 9.17) is 0 Å². The van der Waals surface area contributed by atoms with Gasteiger partial charge in [0.15, 0.2) is 0 Å². The average Bonchev–Trinajstić information content (AvgIpc) is 3.08. The molecule has 1 spiro atoms. The van der Waals surface area contributed by atoms with Gasteiger partial charge in [-0.05, 0) is 44.6 Å². The molecule has 1 saturated carbocycles. The number of carbonyl (C=O) groups excluding carboxylic acids is 1. The third kappa shape index (κ3) is 2.77. The topological polar surface area (TPSA) is 54.3 Å². The first-order valence-corrected chi connectivity index (χ1v) is 9.01. The van der Waals surface area contributed by atoms with E-state index in [-0.39, 0.29) is 5.41 Å². The highest BCUT2D eigenvalue weighted by Crippen LogP contribution is 2.41. The van der Waals surface area contributed by atoms with Crippen molar-refractivity contribution in [3.8, 4) is 0 Å². The number of rotatable bonds is 4. The predicted octanol–water partition coefficient (Wildman–Crippen LogP) is 1.43. The van der Waals surface area contributed by atoms with Crippen LogP contribution in [-0.4, -0.2) is 56.7 Å². The van der Waals surface area contributed by atoms with Gasteiger partial charge < -0.3 is 9.47 Å². The molecule has 6 nitrogen and oxygen atoms in total. The van der Waals surface area contributed by atoms with Gasteiger partial charge in [0.2, 0.25) is 5.91 Å². The van der Waals surface area contributed by atoms with Crippen molar-refractivity contribution in [2.75, 3.05) is 26.2 Å². The number of hydrogen-bond donors (Lipinski definition) is 0. The molecule has 6 heteroatoms. The Hall–Kier alpha value is -1.43. The Labute approximate surface area is 137 Å². The first-order chi connectivity index (χ1) is 11.2. The van der Waals surface area contributed by atoms with Crippen LogP contribution >= 0.6 is 0 Å². The van der Waals surface area contributed by atoms with Crippen molar-refractivity contribution < 1.29 is 4.79 Å². The maximum Gasteiger partial charge on any atom is 0.230 e. The van der Waals surface area contributed by atoms with Crippen LogP contribution in [0.2, 0.25) is 0 Å². The summed E-state index contributed by atoms with van der Waals surface area (Å²) in [7, 11) is 1.98. The summed E-state index contributed by atoms with van der Waals surface area (Å²) in [5, 5.41) is 8.14. The summed E-state index contributed by atoms with van der Waals surface area (Å²) in [6.07, 6.45) is 8.95. The fraction of sp³-hybridized carbons (Fsp3) is 0.824. The van der Waals surface area contributed by atoms with Gasteiger partial charge in [-0.15, -0.1) is 10.2 Å². The van der Waals surface area contributed by atoms with E-state index in [9.17, 15) is 4.79 Å². The highest BCUT2D eigenvalue weighted by molar-refractivity contribution is 5.84. The van der Waals surface area contributed by atoms with Gasteiger partial charge in [0.25, 0.3) is 0 Å². The number of amides is 1. The highest BCUT2D eigenvalue weighted by atomic mass is 16.2. The molecule has 3 aliphatic rings. The van der Waals surface area contributed by atoms with Gasteiger partial charge in [-0.25, -0.2) is 0 Å². The molecule has 4 rings (SSSR count). The van der Waals surface area contributed by atoms with Crippen LogP contribution in [0.25, 0.3) is 0 Å². The monoisotopic (exact) mass is 317 g/mol. The first-order valence-electron chi connectivity index (χ1n) is 9.01. The first kappa shape index (κ1) is 15.1. The summed E-state index contributed by atoms with van der Waals surface area (Å²) in [5.41, 5.74) is -0.124. The van der Waals surface area contributed by atoms with Crippen LogP contribution in [0.3, 0.4) is 0 Å². The molecule has 1 aromatic heterocycles. The maximum atomic E-state index is 13.1. The minimum atomic E-state index is -0.124. The highest BCUT2D eigenvalue weighted by Gasteiger charge is 2.48. The van der Waals surface area contributed by atoms with Gasteiger partial charge in [-0.3, -0.25) is 9.69 Å². The second-order valence-corrected chi connectivity index (χ2v) is 7.75. The minimum Gasteiger partial charge on any atom is -0.342 e. The second kappa shape index (κ2) is 5.89. The van der Waals surface area contributed by atoms with E-state index in [1.54, 1.807) is 6.33 Å². The fourth-order valence-electron chi connectivity index (χ4n) is 4.44. The molecule has 1 aliphatic carbocycles. The van der Waals surface area contributed by atoms with E-state index >= 15 is 0 Å². The van der Waals surface area contributed by atoms with Crippen molar-refractivity contribution in [2.24, 2.45) is 18.4 Å². The molecule has 23 heavy (non-hydrogen) atoms. The van der Waals surface area contributed by atoms with E-state index in [0.717, 1.165) is 63.7 Å². The number of hydrogen-bond acceptors (Lipinski definition) is 4. The Kier molecular flexibility index (Phi) is 3.87. The molecule has 0 bridgehead atoms. The normalized spacial score (nSPS) is 29.4. The van der Waals surface area contributed by atoms with Gasteiger partial charge in [0.1, 0.15) is 12.2 Å². The summed E-state index contributed by atoms with van der Waals surface area (Å²) < 4.78 is 1.97. The van der Waals surface area contributed by atoms with Crippen LogP contribution in [-0.2, 0) is 18.4 Å². The van der Waals surface area contributed by atoms with Crippen LogP contribution in [0.4, 0.5) is 0 Å². The van der Waals surface area contributed by atoms with Gasteiger partial charge >= 0.3 is 0 Å². The number of carbonyl (C=O) groups is 1. The molecule has 1 atom stereocenters. The maximum absolute atomic E-state index is 13.1. The lowest BCUT2D eigenvalue weighted by Gasteiger charge is -2.42. The Morgan fingerprint density at radius 3 is 2.83 bits per heavy atom. The lowest BCUT2D eigenvalue weighted by atomic mass is 9.77. The minimum absolute atomic E-state index is 0.124. The molecule has 3 fully saturated rings. The summed E-state index contributed by atoms with van der Waals surface area (Å²) in [6, 6.07) is 0. The Morgan fingerprint density at radius 2 is 2.13 bits per heavy atom. The molecule has 2 saturated heterocycles. The zero-order valence-corrected chi connectivity index (χ0v) is 14.1. The molecule has 1 amide bonds. The van der Waals surface area contributed by atoms with E-state index < -0.39 is 0 Å². The summed E-state index contributed by atoms with van der Waals surface area (Å²) in [4.78, 5) is 17.7. The van der Waals surface area contributed by atoms with Gasteiger partial charge in [0, 0.05) is 26.7 Å².